The number of aromatic nitrogens is 1. The summed E-state index contributed by atoms with van der Waals surface area (Å²) in [6.07, 6.45) is 1.62. The summed E-state index contributed by atoms with van der Waals surface area (Å²) >= 11 is 6.05. The summed E-state index contributed by atoms with van der Waals surface area (Å²) in [6, 6.07) is 3.45. The second kappa shape index (κ2) is 4.46. The van der Waals surface area contributed by atoms with Gasteiger partial charge in [0, 0.05) is 23.7 Å². The number of aryl methyl sites for hydroxylation is 2. The number of carbonyl (C=O) groups is 2. The SMILES string of the molecule is COC(=O)C(=O)c1cn(C)c2c(C)c(Cl)ccc12. The van der Waals surface area contributed by atoms with E-state index in [1.807, 2.05) is 6.92 Å². The van der Waals surface area contributed by atoms with E-state index in [1.165, 1.54) is 7.11 Å². The lowest BCUT2D eigenvalue weighted by molar-refractivity contribution is -0.135. The Morgan fingerprint density at radius 3 is 2.61 bits per heavy atom. The number of hydrogen-bond acceptors (Lipinski definition) is 3. The van der Waals surface area contributed by atoms with Crippen molar-refractivity contribution in [2.75, 3.05) is 7.11 Å². The summed E-state index contributed by atoms with van der Waals surface area (Å²) in [7, 11) is 2.99. The van der Waals surface area contributed by atoms with Crippen LogP contribution in [0.5, 0.6) is 0 Å². The standard InChI is InChI=1S/C13H12ClNO3/c1-7-10(14)5-4-8-9(6-15(2)11(7)8)12(16)13(17)18-3/h4-6H,1-3H3. The minimum absolute atomic E-state index is 0.333. The molecule has 18 heavy (non-hydrogen) atoms. The van der Waals surface area contributed by atoms with E-state index < -0.39 is 11.8 Å². The molecule has 0 aliphatic rings. The van der Waals surface area contributed by atoms with Gasteiger partial charge in [-0.1, -0.05) is 17.7 Å². The molecule has 0 fully saturated rings. The smallest absolute Gasteiger partial charge is 0.379 e. The van der Waals surface area contributed by atoms with Crippen molar-refractivity contribution >= 4 is 34.3 Å². The van der Waals surface area contributed by atoms with Crippen molar-refractivity contribution in [2.45, 2.75) is 6.92 Å². The lowest BCUT2D eigenvalue weighted by Gasteiger charge is -2.03. The molecular formula is C13H12ClNO3. The van der Waals surface area contributed by atoms with Gasteiger partial charge in [-0.25, -0.2) is 4.79 Å². The number of ketones is 1. The summed E-state index contributed by atoms with van der Waals surface area (Å²) in [4.78, 5) is 23.2. The lowest BCUT2D eigenvalue weighted by atomic mass is 10.1. The Bertz CT molecular complexity index is 658. The Morgan fingerprint density at radius 1 is 1.33 bits per heavy atom. The van der Waals surface area contributed by atoms with E-state index >= 15 is 0 Å². The van der Waals surface area contributed by atoms with Gasteiger partial charge in [0.1, 0.15) is 0 Å². The van der Waals surface area contributed by atoms with Crippen LogP contribution in [0.4, 0.5) is 0 Å². The molecule has 1 aromatic carbocycles. The zero-order valence-corrected chi connectivity index (χ0v) is 11.0. The van der Waals surface area contributed by atoms with Gasteiger partial charge in [0.2, 0.25) is 0 Å². The van der Waals surface area contributed by atoms with Crippen LogP contribution < -0.4 is 0 Å². The molecule has 0 saturated heterocycles. The van der Waals surface area contributed by atoms with Crippen LogP contribution in [0, 0.1) is 6.92 Å². The number of rotatable bonds is 2. The quantitative estimate of drug-likeness (QED) is 0.476. The Labute approximate surface area is 109 Å². The fraction of sp³-hybridized carbons (Fsp3) is 0.231. The first-order valence-corrected chi connectivity index (χ1v) is 5.72. The van der Waals surface area contributed by atoms with Crippen molar-refractivity contribution in [1.82, 2.24) is 4.57 Å². The van der Waals surface area contributed by atoms with Crippen molar-refractivity contribution in [2.24, 2.45) is 7.05 Å². The largest absolute Gasteiger partial charge is 0.463 e. The Morgan fingerprint density at radius 2 is 2.00 bits per heavy atom. The average Bonchev–Trinajstić information content (AvgIpc) is 2.69. The number of methoxy groups -OCH3 is 1. The second-order valence-electron chi connectivity index (χ2n) is 4.04. The topological polar surface area (TPSA) is 48.3 Å². The van der Waals surface area contributed by atoms with Crippen LogP contribution in [-0.4, -0.2) is 23.4 Å². The molecule has 0 spiro atoms. The van der Waals surface area contributed by atoms with Crippen LogP contribution in [0.25, 0.3) is 10.9 Å². The summed E-state index contributed by atoms with van der Waals surface area (Å²) in [5.41, 5.74) is 2.05. The maximum absolute atomic E-state index is 11.9. The summed E-state index contributed by atoms with van der Waals surface area (Å²) in [6.45, 7) is 1.87. The Kier molecular flexibility index (Phi) is 3.13. The number of ether oxygens (including phenoxy) is 1. The summed E-state index contributed by atoms with van der Waals surface area (Å²) < 4.78 is 6.24. The fourth-order valence-corrected chi connectivity index (χ4v) is 2.21. The number of carbonyl (C=O) groups excluding carboxylic acids is 2. The van der Waals surface area contributed by atoms with Gasteiger partial charge in [-0.2, -0.15) is 0 Å². The molecule has 4 nitrogen and oxygen atoms in total. The van der Waals surface area contributed by atoms with E-state index in [2.05, 4.69) is 4.74 Å². The number of hydrogen-bond donors (Lipinski definition) is 0. The van der Waals surface area contributed by atoms with Crippen molar-refractivity contribution in [1.29, 1.82) is 0 Å². The van der Waals surface area contributed by atoms with E-state index in [4.69, 9.17) is 11.6 Å². The third-order valence-electron chi connectivity index (χ3n) is 2.95. The van der Waals surface area contributed by atoms with Gasteiger partial charge in [-0.15, -0.1) is 0 Å². The fourth-order valence-electron chi connectivity index (χ4n) is 2.06. The third kappa shape index (κ3) is 1.78. The molecule has 2 rings (SSSR count). The average molecular weight is 266 g/mol. The molecule has 1 aromatic heterocycles. The molecule has 5 heteroatoms. The first-order valence-electron chi connectivity index (χ1n) is 5.34. The molecule has 2 aromatic rings. The minimum Gasteiger partial charge on any atom is -0.463 e. The van der Waals surface area contributed by atoms with Crippen molar-refractivity contribution in [3.63, 3.8) is 0 Å². The first-order chi connectivity index (χ1) is 8.47. The molecule has 0 N–H and O–H groups in total. The minimum atomic E-state index is -0.866. The molecule has 94 valence electrons. The van der Waals surface area contributed by atoms with Gasteiger partial charge in [-0.05, 0) is 18.6 Å². The zero-order chi connectivity index (χ0) is 13.4. The number of nitrogens with zero attached hydrogens (tertiary/aromatic N) is 1. The van der Waals surface area contributed by atoms with Crippen LogP contribution >= 0.6 is 11.6 Å². The Balaban J connectivity index is 2.72. The van der Waals surface area contributed by atoms with Gasteiger partial charge in [0.15, 0.2) is 0 Å². The molecule has 1 heterocycles. The highest BCUT2D eigenvalue weighted by atomic mass is 35.5. The maximum atomic E-state index is 11.9. The monoisotopic (exact) mass is 265 g/mol. The molecule has 0 atom stereocenters. The van der Waals surface area contributed by atoms with Crippen LogP contribution in [0.3, 0.4) is 0 Å². The third-order valence-corrected chi connectivity index (χ3v) is 3.36. The molecule has 0 amide bonds. The highest BCUT2D eigenvalue weighted by molar-refractivity contribution is 6.43. The number of halogens is 1. The predicted octanol–water partition coefficient (Wildman–Crippen LogP) is 2.50. The van der Waals surface area contributed by atoms with Crippen LogP contribution in [0.2, 0.25) is 5.02 Å². The van der Waals surface area contributed by atoms with E-state index in [0.717, 1.165) is 11.1 Å². The maximum Gasteiger partial charge on any atom is 0.379 e. The van der Waals surface area contributed by atoms with E-state index in [0.29, 0.717) is 16.0 Å². The Hall–Kier alpha value is -1.81. The van der Waals surface area contributed by atoms with Crippen LogP contribution in [0.15, 0.2) is 18.3 Å². The molecule has 0 saturated carbocycles. The normalized spacial score (nSPS) is 10.7. The molecule has 0 bridgehead atoms. The second-order valence-corrected chi connectivity index (χ2v) is 4.45. The van der Waals surface area contributed by atoms with Gasteiger partial charge in [0.25, 0.3) is 5.78 Å². The summed E-state index contributed by atoms with van der Waals surface area (Å²) in [5, 5.41) is 1.33. The predicted molar refractivity (Wildman–Crippen MR) is 69.0 cm³/mol. The number of benzene rings is 1. The van der Waals surface area contributed by atoms with Crippen molar-refractivity contribution < 1.29 is 14.3 Å². The van der Waals surface area contributed by atoms with Crippen molar-refractivity contribution in [3.05, 3.63) is 34.5 Å². The molecular weight excluding hydrogens is 254 g/mol. The number of fused-ring (bicyclic) bond motifs is 1. The zero-order valence-electron chi connectivity index (χ0n) is 10.3. The van der Waals surface area contributed by atoms with Crippen LogP contribution in [-0.2, 0) is 16.6 Å². The number of Topliss-reactive ketones (excluding diaryl/α,β-unsaturated/α-hetero) is 1. The highest BCUT2D eigenvalue weighted by Gasteiger charge is 2.22. The van der Waals surface area contributed by atoms with Gasteiger partial charge >= 0.3 is 5.97 Å². The highest BCUT2D eigenvalue weighted by Crippen LogP contribution is 2.29. The van der Waals surface area contributed by atoms with Crippen LogP contribution in [0.1, 0.15) is 15.9 Å². The van der Waals surface area contributed by atoms with E-state index in [9.17, 15) is 9.59 Å². The number of esters is 1. The molecule has 0 aliphatic carbocycles. The molecule has 0 unspecified atom stereocenters. The van der Waals surface area contributed by atoms with E-state index in [1.54, 1.807) is 29.9 Å². The molecule has 0 aliphatic heterocycles. The van der Waals surface area contributed by atoms with Gasteiger partial charge in [0.05, 0.1) is 18.2 Å². The lowest BCUT2D eigenvalue weighted by Crippen LogP contribution is -2.15. The van der Waals surface area contributed by atoms with Gasteiger partial charge < -0.3 is 9.30 Å². The van der Waals surface area contributed by atoms with Gasteiger partial charge in [-0.3, -0.25) is 4.79 Å². The molecule has 0 radical (unpaired) electrons. The summed E-state index contributed by atoms with van der Waals surface area (Å²) in [5.74, 6) is -1.51. The first kappa shape index (κ1) is 12.6. The van der Waals surface area contributed by atoms with Crippen molar-refractivity contribution in [3.8, 4) is 0 Å². The van der Waals surface area contributed by atoms with E-state index in [-0.39, 0.29) is 0 Å².